The van der Waals surface area contributed by atoms with E-state index in [-0.39, 0.29) is 11.6 Å². The first-order valence-electron chi connectivity index (χ1n) is 7.83. The molecule has 0 atom stereocenters. The number of allylic oxidation sites excluding steroid dienone is 2. The van der Waals surface area contributed by atoms with E-state index < -0.39 is 0 Å². The first kappa shape index (κ1) is 14.4. The molecule has 0 aliphatic heterocycles. The van der Waals surface area contributed by atoms with Gasteiger partial charge >= 0.3 is 0 Å². The van der Waals surface area contributed by atoms with Gasteiger partial charge in [0.25, 0.3) is 0 Å². The van der Waals surface area contributed by atoms with Gasteiger partial charge < -0.3 is 4.57 Å². The molecule has 3 nitrogen and oxygen atoms in total. The summed E-state index contributed by atoms with van der Waals surface area (Å²) in [5.74, 6) is -0.217. The van der Waals surface area contributed by atoms with Gasteiger partial charge in [-0.2, -0.15) is 0 Å². The van der Waals surface area contributed by atoms with Crippen LogP contribution in [0, 0.1) is 0 Å². The van der Waals surface area contributed by atoms with Gasteiger partial charge in [0.05, 0.1) is 11.3 Å². The van der Waals surface area contributed by atoms with Crippen molar-refractivity contribution in [3.05, 3.63) is 101 Å². The Balaban J connectivity index is 1.75. The average Bonchev–Trinajstić information content (AvgIpc) is 3.07. The van der Waals surface area contributed by atoms with Crippen molar-refractivity contribution in [3.63, 3.8) is 0 Å². The van der Waals surface area contributed by atoms with Gasteiger partial charge in [0.15, 0.2) is 11.6 Å². The van der Waals surface area contributed by atoms with Crippen molar-refractivity contribution in [3.8, 4) is 0 Å². The van der Waals surface area contributed by atoms with E-state index in [9.17, 15) is 9.59 Å². The summed E-state index contributed by atoms with van der Waals surface area (Å²) in [7, 11) is 0. The molecule has 1 aromatic heterocycles. The van der Waals surface area contributed by atoms with Crippen LogP contribution in [-0.4, -0.2) is 16.1 Å². The number of ketones is 2. The van der Waals surface area contributed by atoms with Crippen LogP contribution in [0.25, 0.3) is 5.57 Å². The Labute approximate surface area is 139 Å². The molecule has 1 aliphatic carbocycles. The molecule has 0 saturated heterocycles. The van der Waals surface area contributed by atoms with Gasteiger partial charge in [-0.3, -0.25) is 9.59 Å². The number of nitrogens with zero attached hydrogens (tertiary/aromatic N) is 1. The number of aromatic nitrogens is 1. The van der Waals surface area contributed by atoms with Crippen LogP contribution in [0.1, 0.15) is 32.0 Å². The van der Waals surface area contributed by atoms with Gasteiger partial charge in [0, 0.05) is 23.9 Å². The van der Waals surface area contributed by atoms with E-state index >= 15 is 0 Å². The zero-order valence-electron chi connectivity index (χ0n) is 13.0. The van der Waals surface area contributed by atoms with Crippen molar-refractivity contribution in [2.45, 2.75) is 6.54 Å². The van der Waals surface area contributed by atoms with Gasteiger partial charge in [-0.15, -0.1) is 0 Å². The van der Waals surface area contributed by atoms with Crippen LogP contribution < -0.4 is 0 Å². The molecular formula is C21H15NO2. The number of Topliss-reactive ketones (excluding diaryl/α,β-unsaturated/α-hetero) is 1. The van der Waals surface area contributed by atoms with Gasteiger partial charge in [0.1, 0.15) is 0 Å². The summed E-state index contributed by atoms with van der Waals surface area (Å²) in [6, 6.07) is 20.8. The molecule has 0 bridgehead atoms. The van der Waals surface area contributed by atoms with Gasteiger partial charge in [-0.1, -0.05) is 54.6 Å². The molecule has 116 valence electrons. The zero-order chi connectivity index (χ0) is 16.5. The number of hydrogen-bond donors (Lipinski definition) is 0. The quantitative estimate of drug-likeness (QED) is 0.733. The number of rotatable bonds is 3. The maximum Gasteiger partial charge on any atom is 0.196 e. The third kappa shape index (κ3) is 2.40. The third-order valence-electron chi connectivity index (χ3n) is 4.26. The van der Waals surface area contributed by atoms with Crippen molar-refractivity contribution < 1.29 is 9.59 Å². The van der Waals surface area contributed by atoms with E-state index in [0.29, 0.717) is 23.2 Å². The van der Waals surface area contributed by atoms with Crippen LogP contribution in [0.5, 0.6) is 0 Å². The number of fused-ring (bicyclic) bond motifs is 1. The Bertz CT molecular complexity index is 964. The number of carbonyl (C=O) groups is 2. The molecule has 0 N–H and O–H groups in total. The lowest BCUT2D eigenvalue weighted by atomic mass is 9.88. The second-order valence-electron chi connectivity index (χ2n) is 5.80. The Morgan fingerprint density at radius 3 is 2.25 bits per heavy atom. The normalized spacial score (nSPS) is 13.6. The largest absolute Gasteiger partial charge is 0.343 e. The van der Waals surface area contributed by atoms with E-state index in [1.165, 1.54) is 6.08 Å². The third-order valence-corrected chi connectivity index (χ3v) is 4.26. The topological polar surface area (TPSA) is 39.1 Å². The minimum Gasteiger partial charge on any atom is -0.343 e. The van der Waals surface area contributed by atoms with Crippen molar-refractivity contribution in [2.24, 2.45) is 0 Å². The molecule has 3 aromatic rings. The fraction of sp³-hybridized carbons (Fsp3) is 0.0476. The smallest absolute Gasteiger partial charge is 0.196 e. The predicted molar refractivity (Wildman–Crippen MR) is 93.1 cm³/mol. The molecular weight excluding hydrogens is 298 g/mol. The predicted octanol–water partition coefficient (Wildman–Crippen LogP) is 4.00. The van der Waals surface area contributed by atoms with Gasteiger partial charge in [-0.05, 0) is 23.8 Å². The summed E-state index contributed by atoms with van der Waals surface area (Å²) in [6.07, 6.45) is 3.39. The maximum atomic E-state index is 12.8. The highest BCUT2D eigenvalue weighted by Gasteiger charge is 2.27. The Kier molecular flexibility index (Phi) is 3.47. The summed E-state index contributed by atoms with van der Waals surface area (Å²) in [5.41, 5.74) is 3.33. The van der Waals surface area contributed by atoms with Gasteiger partial charge in [-0.25, -0.2) is 0 Å². The maximum absolute atomic E-state index is 12.8. The summed E-state index contributed by atoms with van der Waals surface area (Å²) < 4.78 is 2.00. The summed E-state index contributed by atoms with van der Waals surface area (Å²) in [4.78, 5) is 25.2. The highest BCUT2D eigenvalue weighted by atomic mass is 16.1. The Morgan fingerprint density at radius 1 is 0.750 bits per heavy atom. The highest BCUT2D eigenvalue weighted by Crippen LogP contribution is 2.28. The van der Waals surface area contributed by atoms with Crippen LogP contribution in [0.15, 0.2) is 79.0 Å². The lowest BCUT2D eigenvalue weighted by Crippen LogP contribution is -2.18. The second kappa shape index (κ2) is 5.78. The second-order valence-corrected chi connectivity index (χ2v) is 5.80. The number of benzene rings is 2. The van der Waals surface area contributed by atoms with Crippen molar-refractivity contribution >= 4 is 17.1 Å². The van der Waals surface area contributed by atoms with Crippen LogP contribution in [-0.2, 0) is 6.54 Å². The van der Waals surface area contributed by atoms with Crippen molar-refractivity contribution in [1.29, 1.82) is 0 Å². The van der Waals surface area contributed by atoms with Crippen LogP contribution in [0.2, 0.25) is 0 Å². The Morgan fingerprint density at radius 2 is 1.46 bits per heavy atom. The van der Waals surface area contributed by atoms with Crippen molar-refractivity contribution in [2.75, 3.05) is 0 Å². The molecule has 1 aliphatic rings. The lowest BCUT2D eigenvalue weighted by molar-refractivity contribution is 0.100. The first-order chi connectivity index (χ1) is 11.7. The molecule has 0 radical (unpaired) electrons. The first-order valence-corrected chi connectivity index (χ1v) is 7.83. The minimum atomic E-state index is -0.118. The molecule has 0 fully saturated rings. The fourth-order valence-electron chi connectivity index (χ4n) is 3.08. The average molecular weight is 313 g/mol. The molecule has 4 rings (SSSR count). The van der Waals surface area contributed by atoms with E-state index in [1.54, 1.807) is 24.3 Å². The lowest BCUT2D eigenvalue weighted by Gasteiger charge is -2.17. The van der Waals surface area contributed by atoms with E-state index in [4.69, 9.17) is 0 Å². The Hall–Kier alpha value is -3.20. The number of carbonyl (C=O) groups excluding carboxylic acids is 2. The molecule has 0 unspecified atom stereocenters. The standard InChI is InChI=1S/C21H15NO2/c23-20-13-18(21(24)17-10-5-4-9-16(17)20)19-11-6-12-22(19)14-15-7-2-1-3-8-15/h1-13H,14H2. The molecule has 0 saturated carbocycles. The summed E-state index contributed by atoms with van der Waals surface area (Å²) in [5, 5.41) is 0. The summed E-state index contributed by atoms with van der Waals surface area (Å²) in [6.45, 7) is 0.656. The van der Waals surface area contributed by atoms with E-state index in [2.05, 4.69) is 0 Å². The zero-order valence-corrected chi connectivity index (χ0v) is 13.0. The molecule has 0 spiro atoms. The summed E-state index contributed by atoms with van der Waals surface area (Å²) >= 11 is 0. The monoisotopic (exact) mass is 313 g/mol. The molecule has 0 amide bonds. The van der Waals surface area contributed by atoms with Crippen molar-refractivity contribution in [1.82, 2.24) is 4.57 Å². The highest BCUT2D eigenvalue weighted by molar-refractivity contribution is 6.38. The van der Waals surface area contributed by atoms with Crippen LogP contribution in [0.4, 0.5) is 0 Å². The van der Waals surface area contributed by atoms with Crippen LogP contribution in [0.3, 0.4) is 0 Å². The molecule has 1 heterocycles. The molecule has 3 heteroatoms. The molecule has 2 aromatic carbocycles. The van der Waals surface area contributed by atoms with Gasteiger partial charge in [0.2, 0.25) is 0 Å². The van der Waals surface area contributed by atoms with E-state index in [0.717, 1.165) is 11.3 Å². The fourth-order valence-corrected chi connectivity index (χ4v) is 3.08. The van der Waals surface area contributed by atoms with E-state index in [1.807, 2.05) is 53.2 Å². The molecule has 24 heavy (non-hydrogen) atoms. The number of hydrogen-bond acceptors (Lipinski definition) is 2. The van der Waals surface area contributed by atoms with Crippen LogP contribution >= 0.6 is 0 Å². The minimum absolute atomic E-state index is 0.0989. The SMILES string of the molecule is O=C1C=C(c2cccn2Cc2ccccc2)C(=O)c2ccccc21.